The molecule has 1 saturated carbocycles. The van der Waals surface area contributed by atoms with Gasteiger partial charge in [0.15, 0.2) is 0 Å². The Balaban J connectivity index is 2.39. The highest BCUT2D eigenvalue weighted by molar-refractivity contribution is 7.10. The minimum atomic E-state index is 0.195. The van der Waals surface area contributed by atoms with Gasteiger partial charge in [-0.1, -0.05) is 44.2 Å². The molecule has 2 rings (SSSR count). The van der Waals surface area contributed by atoms with Crippen molar-refractivity contribution in [3.8, 4) is 0 Å². The van der Waals surface area contributed by atoms with Gasteiger partial charge in [-0.3, -0.25) is 0 Å². The third kappa shape index (κ3) is 3.22. The molecular formula is C16H27ClN2S. The molecule has 1 unspecified atom stereocenters. The Kier molecular flexibility index (Phi) is 5.91. The number of likely N-dealkylation sites (N-methyl/N-ethyl adjacent to an activating group) is 2. The molecule has 114 valence electrons. The van der Waals surface area contributed by atoms with Gasteiger partial charge in [0.1, 0.15) is 0 Å². The number of hydrogen-bond acceptors (Lipinski definition) is 3. The molecule has 1 aromatic heterocycles. The lowest BCUT2D eigenvalue weighted by atomic mass is 9.80. The summed E-state index contributed by atoms with van der Waals surface area (Å²) in [4.78, 5) is 3.76. The minimum Gasteiger partial charge on any atom is -0.308 e. The Morgan fingerprint density at radius 2 is 1.95 bits per heavy atom. The average Bonchev–Trinajstić information content (AvgIpc) is 2.69. The van der Waals surface area contributed by atoms with Gasteiger partial charge in [0.2, 0.25) is 0 Å². The van der Waals surface area contributed by atoms with E-state index in [2.05, 4.69) is 36.6 Å². The van der Waals surface area contributed by atoms with Crippen LogP contribution in [0.2, 0.25) is 5.02 Å². The van der Waals surface area contributed by atoms with Crippen molar-refractivity contribution in [2.75, 3.05) is 20.6 Å². The van der Waals surface area contributed by atoms with Gasteiger partial charge in [-0.15, -0.1) is 11.3 Å². The minimum absolute atomic E-state index is 0.195. The number of rotatable bonds is 5. The summed E-state index contributed by atoms with van der Waals surface area (Å²) in [5, 5.41) is 6.77. The molecule has 0 spiro atoms. The maximum Gasteiger partial charge on any atom is 0.0616 e. The molecule has 1 aliphatic carbocycles. The second kappa shape index (κ2) is 7.26. The maximum atomic E-state index is 6.45. The van der Waals surface area contributed by atoms with Crippen molar-refractivity contribution in [2.45, 2.75) is 57.0 Å². The topological polar surface area (TPSA) is 15.3 Å². The molecule has 0 radical (unpaired) electrons. The van der Waals surface area contributed by atoms with Gasteiger partial charge in [-0.2, -0.15) is 0 Å². The third-order valence-electron chi connectivity index (χ3n) is 4.71. The molecule has 1 fully saturated rings. The van der Waals surface area contributed by atoms with Gasteiger partial charge in [0, 0.05) is 10.4 Å². The monoisotopic (exact) mass is 314 g/mol. The van der Waals surface area contributed by atoms with E-state index in [-0.39, 0.29) is 5.54 Å². The molecule has 1 aromatic rings. The summed E-state index contributed by atoms with van der Waals surface area (Å²) in [6.45, 7) is 3.17. The summed E-state index contributed by atoms with van der Waals surface area (Å²) >= 11 is 8.24. The van der Waals surface area contributed by atoms with Gasteiger partial charge in [0.25, 0.3) is 0 Å². The molecule has 0 saturated heterocycles. The molecule has 20 heavy (non-hydrogen) atoms. The van der Waals surface area contributed by atoms with Crippen LogP contribution in [0.1, 0.15) is 56.4 Å². The van der Waals surface area contributed by atoms with Crippen molar-refractivity contribution in [3.63, 3.8) is 0 Å². The first-order valence-corrected chi connectivity index (χ1v) is 9.01. The normalized spacial score (nSPS) is 20.9. The van der Waals surface area contributed by atoms with Crippen molar-refractivity contribution in [2.24, 2.45) is 0 Å². The first-order valence-electron chi connectivity index (χ1n) is 7.75. The second-order valence-electron chi connectivity index (χ2n) is 6.04. The van der Waals surface area contributed by atoms with Crippen molar-refractivity contribution in [1.82, 2.24) is 10.2 Å². The Morgan fingerprint density at radius 1 is 1.30 bits per heavy atom. The van der Waals surface area contributed by atoms with Crippen LogP contribution in [0.5, 0.6) is 0 Å². The van der Waals surface area contributed by atoms with E-state index in [0.29, 0.717) is 6.04 Å². The number of hydrogen-bond donors (Lipinski definition) is 1. The molecule has 0 aliphatic heterocycles. The molecule has 0 bridgehead atoms. The zero-order valence-electron chi connectivity index (χ0n) is 12.9. The highest BCUT2D eigenvalue weighted by atomic mass is 35.5. The Labute approximate surface area is 132 Å². The van der Waals surface area contributed by atoms with Crippen LogP contribution >= 0.6 is 22.9 Å². The number of nitrogens with zero attached hydrogens (tertiary/aromatic N) is 1. The fourth-order valence-electron chi connectivity index (χ4n) is 3.58. The summed E-state index contributed by atoms with van der Waals surface area (Å²) < 4.78 is 0. The van der Waals surface area contributed by atoms with Crippen molar-refractivity contribution >= 4 is 22.9 Å². The van der Waals surface area contributed by atoms with Gasteiger partial charge in [-0.05, 0) is 44.9 Å². The van der Waals surface area contributed by atoms with Crippen molar-refractivity contribution < 1.29 is 0 Å². The largest absolute Gasteiger partial charge is 0.308 e. The van der Waals surface area contributed by atoms with Crippen LogP contribution in [0.4, 0.5) is 0 Å². The first kappa shape index (κ1) is 16.3. The summed E-state index contributed by atoms with van der Waals surface area (Å²) in [6, 6.07) is 2.37. The predicted molar refractivity (Wildman–Crippen MR) is 89.9 cm³/mol. The van der Waals surface area contributed by atoms with Crippen LogP contribution in [-0.2, 0) is 0 Å². The van der Waals surface area contributed by atoms with E-state index in [0.717, 1.165) is 11.6 Å². The lowest BCUT2D eigenvalue weighted by molar-refractivity contribution is 0.0822. The quantitative estimate of drug-likeness (QED) is 0.792. The Hall–Kier alpha value is -0.0900. The van der Waals surface area contributed by atoms with Gasteiger partial charge < -0.3 is 10.2 Å². The SMILES string of the molecule is CCNC(c1sccc1Cl)C1(N(C)C)CCCCCC1. The highest BCUT2D eigenvalue weighted by Gasteiger charge is 2.42. The molecule has 1 heterocycles. The van der Waals surface area contributed by atoms with E-state index >= 15 is 0 Å². The summed E-state index contributed by atoms with van der Waals surface area (Å²) in [6.07, 6.45) is 7.89. The Morgan fingerprint density at radius 3 is 2.40 bits per heavy atom. The first-order chi connectivity index (χ1) is 9.62. The van der Waals surface area contributed by atoms with Crippen LogP contribution in [-0.4, -0.2) is 31.1 Å². The van der Waals surface area contributed by atoms with E-state index in [1.165, 1.54) is 43.4 Å². The zero-order chi connectivity index (χ0) is 14.6. The average molecular weight is 315 g/mol. The Bertz CT molecular complexity index is 408. The van der Waals surface area contributed by atoms with Gasteiger partial charge >= 0.3 is 0 Å². The van der Waals surface area contributed by atoms with E-state index in [1.54, 1.807) is 11.3 Å². The van der Waals surface area contributed by atoms with Gasteiger partial charge in [-0.25, -0.2) is 0 Å². The standard InChI is InChI=1S/C16H27ClN2S/c1-4-18-15(14-13(17)9-12-20-14)16(19(2)3)10-7-5-6-8-11-16/h9,12,15,18H,4-8,10-11H2,1-3H3. The second-order valence-corrected chi connectivity index (χ2v) is 7.39. The summed E-state index contributed by atoms with van der Waals surface area (Å²) in [5.74, 6) is 0. The lowest BCUT2D eigenvalue weighted by Crippen LogP contribution is -2.53. The number of nitrogens with one attached hydrogen (secondary N) is 1. The molecule has 1 atom stereocenters. The number of halogens is 1. The highest BCUT2D eigenvalue weighted by Crippen LogP contribution is 2.44. The van der Waals surface area contributed by atoms with Crippen LogP contribution in [0.3, 0.4) is 0 Å². The molecule has 0 aromatic carbocycles. The molecule has 0 amide bonds. The van der Waals surface area contributed by atoms with E-state index < -0.39 is 0 Å². The van der Waals surface area contributed by atoms with E-state index in [4.69, 9.17) is 11.6 Å². The fourth-order valence-corrected chi connectivity index (χ4v) is 4.93. The molecular weight excluding hydrogens is 288 g/mol. The zero-order valence-corrected chi connectivity index (χ0v) is 14.5. The van der Waals surface area contributed by atoms with Gasteiger partial charge in [0.05, 0.1) is 11.1 Å². The van der Waals surface area contributed by atoms with E-state index in [9.17, 15) is 0 Å². The smallest absolute Gasteiger partial charge is 0.0616 e. The third-order valence-corrected chi connectivity index (χ3v) is 6.14. The molecule has 1 N–H and O–H groups in total. The van der Waals surface area contributed by atoms with Crippen LogP contribution in [0.15, 0.2) is 11.4 Å². The molecule has 1 aliphatic rings. The van der Waals surface area contributed by atoms with E-state index in [1.807, 2.05) is 6.07 Å². The maximum absolute atomic E-state index is 6.45. The molecule has 2 nitrogen and oxygen atoms in total. The summed E-state index contributed by atoms with van der Waals surface area (Å²) in [7, 11) is 4.47. The predicted octanol–water partition coefficient (Wildman–Crippen LogP) is 4.71. The number of thiophene rings is 1. The fraction of sp³-hybridized carbons (Fsp3) is 0.750. The van der Waals surface area contributed by atoms with Crippen molar-refractivity contribution in [1.29, 1.82) is 0 Å². The summed E-state index contributed by atoms with van der Waals surface area (Å²) in [5.41, 5.74) is 0.195. The van der Waals surface area contributed by atoms with Crippen LogP contribution in [0.25, 0.3) is 0 Å². The van der Waals surface area contributed by atoms with Crippen molar-refractivity contribution in [3.05, 3.63) is 21.3 Å². The van der Waals surface area contributed by atoms with Crippen LogP contribution < -0.4 is 5.32 Å². The molecule has 4 heteroatoms. The lowest BCUT2D eigenvalue weighted by Gasteiger charge is -2.46. The van der Waals surface area contributed by atoms with Crippen LogP contribution in [0, 0.1) is 0 Å².